The van der Waals surface area contributed by atoms with Gasteiger partial charge in [-0.2, -0.15) is 0 Å². The minimum atomic E-state index is -4.48. The van der Waals surface area contributed by atoms with Crippen LogP contribution < -0.4 is 23.8 Å². The van der Waals surface area contributed by atoms with Crippen LogP contribution in [0, 0.1) is 0 Å². The van der Waals surface area contributed by atoms with Gasteiger partial charge in [0.2, 0.25) is 11.8 Å². The fourth-order valence-electron chi connectivity index (χ4n) is 5.25. The van der Waals surface area contributed by atoms with E-state index in [0.717, 1.165) is 15.4 Å². The number of nitrogens with zero attached hydrogens (tertiary/aromatic N) is 2. The molecule has 12 heteroatoms. The fourth-order valence-corrected chi connectivity index (χ4v) is 6.85. The largest absolute Gasteiger partial charge is 0.495 e. The Morgan fingerprint density at radius 3 is 1.98 bits per heavy atom. The first-order valence-corrected chi connectivity index (χ1v) is 17.6. The van der Waals surface area contributed by atoms with E-state index in [2.05, 4.69) is 5.32 Å². The van der Waals surface area contributed by atoms with Crippen molar-refractivity contribution >= 4 is 39.1 Å². The molecule has 0 unspecified atom stereocenters. The van der Waals surface area contributed by atoms with E-state index in [4.69, 9.17) is 25.8 Å². The first-order chi connectivity index (χ1) is 23.5. The smallest absolute Gasteiger partial charge is 0.265 e. The Kier molecular flexibility index (Phi) is 12.9. The van der Waals surface area contributed by atoms with E-state index < -0.39 is 28.5 Å². The Hall–Kier alpha value is -4.74. The van der Waals surface area contributed by atoms with Gasteiger partial charge in [-0.25, -0.2) is 8.42 Å². The number of methoxy groups -OCH3 is 3. The number of ether oxygens (including phenoxy) is 3. The lowest BCUT2D eigenvalue weighted by Crippen LogP contribution is -2.54. The Morgan fingerprint density at radius 1 is 0.796 bits per heavy atom. The van der Waals surface area contributed by atoms with E-state index in [1.807, 2.05) is 74.5 Å². The third-order valence-electron chi connectivity index (χ3n) is 8.10. The zero-order valence-corrected chi connectivity index (χ0v) is 29.8. The third-order valence-corrected chi connectivity index (χ3v) is 10.1. The molecule has 0 aromatic heterocycles. The van der Waals surface area contributed by atoms with Crippen LogP contribution in [-0.4, -0.2) is 65.1 Å². The van der Waals surface area contributed by atoms with Gasteiger partial charge in [-0.1, -0.05) is 79.2 Å². The van der Waals surface area contributed by atoms with Gasteiger partial charge in [-0.15, -0.1) is 0 Å². The Bertz CT molecular complexity index is 1820. The fraction of sp³-hybridized carbons (Fsp3) is 0.297. The highest BCUT2D eigenvalue weighted by Gasteiger charge is 2.36. The van der Waals surface area contributed by atoms with Crippen LogP contribution in [-0.2, 0) is 32.6 Å². The van der Waals surface area contributed by atoms with E-state index in [1.165, 1.54) is 56.6 Å². The normalized spacial score (nSPS) is 12.4. The summed E-state index contributed by atoms with van der Waals surface area (Å²) >= 11 is 6.39. The van der Waals surface area contributed by atoms with Crippen LogP contribution in [0.4, 0.5) is 5.69 Å². The molecule has 10 nitrogen and oxygen atoms in total. The molecule has 0 saturated heterocycles. The van der Waals surface area contributed by atoms with Gasteiger partial charge >= 0.3 is 0 Å². The van der Waals surface area contributed by atoms with Gasteiger partial charge in [0.05, 0.1) is 31.9 Å². The molecule has 2 atom stereocenters. The molecule has 0 bridgehead atoms. The predicted molar refractivity (Wildman–Crippen MR) is 191 cm³/mol. The molecular formula is C37H42ClN3O7S. The van der Waals surface area contributed by atoms with E-state index in [9.17, 15) is 18.0 Å². The lowest BCUT2D eigenvalue weighted by molar-refractivity contribution is -0.140. The summed E-state index contributed by atoms with van der Waals surface area (Å²) in [5.41, 5.74) is 1.64. The summed E-state index contributed by atoms with van der Waals surface area (Å²) in [5.74, 6) is -0.281. The number of halogens is 1. The number of carbonyl (C=O) groups is 2. The highest BCUT2D eigenvalue weighted by Crippen LogP contribution is 2.37. The molecular weight excluding hydrogens is 666 g/mol. The molecule has 4 aromatic carbocycles. The van der Waals surface area contributed by atoms with Crippen LogP contribution in [0.1, 0.15) is 31.4 Å². The van der Waals surface area contributed by atoms with Crippen molar-refractivity contribution in [3.05, 3.63) is 113 Å². The zero-order valence-electron chi connectivity index (χ0n) is 28.3. The van der Waals surface area contributed by atoms with E-state index in [0.29, 0.717) is 12.2 Å². The van der Waals surface area contributed by atoms with Gasteiger partial charge in [0, 0.05) is 30.1 Å². The summed E-state index contributed by atoms with van der Waals surface area (Å²) in [6.45, 7) is 3.22. The predicted octanol–water partition coefficient (Wildman–Crippen LogP) is 6.12. The number of nitrogens with one attached hydrogen (secondary N) is 1. The maximum absolute atomic E-state index is 14.7. The monoisotopic (exact) mass is 707 g/mol. The van der Waals surface area contributed by atoms with Crippen LogP contribution in [0.5, 0.6) is 17.2 Å². The lowest BCUT2D eigenvalue weighted by Gasteiger charge is -2.34. The van der Waals surface area contributed by atoms with Crippen LogP contribution in [0.3, 0.4) is 0 Å². The number of amides is 2. The molecule has 260 valence electrons. The first kappa shape index (κ1) is 37.1. The van der Waals surface area contributed by atoms with Crippen molar-refractivity contribution < 1.29 is 32.2 Å². The van der Waals surface area contributed by atoms with Crippen molar-refractivity contribution in [2.24, 2.45) is 0 Å². The molecule has 0 aliphatic heterocycles. The summed E-state index contributed by atoms with van der Waals surface area (Å²) in [7, 11) is -0.244. The molecule has 0 spiro atoms. The number of rotatable bonds is 16. The highest BCUT2D eigenvalue weighted by atomic mass is 35.5. The summed E-state index contributed by atoms with van der Waals surface area (Å²) in [6, 6.07) is 26.2. The molecule has 4 rings (SSSR count). The molecule has 0 heterocycles. The Balaban J connectivity index is 1.87. The molecule has 49 heavy (non-hydrogen) atoms. The Morgan fingerprint density at radius 2 is 1.39 bits per heavy atom. The van der Waals surface area contributed by atoms with Gasteiger partial charge in [-0.05, 0) is 54.8 Å². The van der Waals surface area contributed by atoms with Crippen molar-refractivity contribution in [2.75, 3.05) is 32.2 Å². The molecule has 0 saturated carbocycles. The van der Waals surface area contributed by atoms with Gasteiger partial charge < -0.3 is 24.4 Å². The van der Waals surface area contributed by atoms with E-state index in [-0.39, 0.29) is 52.0 Å². The molecule has 4 aromatic rings. The number of carbonyl (C=O) groups excluding carboxylic acids is 2. The van der Waals surface area contributed by atoms with Crippen LogP contribution in [0.2, 0.25) is 5.02 Å². The molecule has 2 amide bonds. The maximum atomic E-state index is 14.7. The van der Waals surface area contributed by atoms with Crippen LogP contribution in [0.25, 0.3) is 0 Å². The van der Waals surface area contributed by atoms with Gasteiger partial charge in [0.1, 0.15) is 18.3 Å². The van der Waals surface area contributed by atoms with E-state index >= 15 is 0 Å². The summed E-state index contributed by atoms with van der Waals surface area (Å²) < 4.78 is 46.3. The van der Waals surface area contributed by atoms with Crippen LogP contribution in [0.15, 0.2) is 102 Å². The van der Waals surface area contributed by atoms with Gasteiger partial charge in [0.15, 0.2) is 11.5 Å². The average molecular weight is 708 g/mol. The third kappa shape index (κ3) is 9.24. The minimum absolute atomic E-state index is 0.0430. The van der Waals surface area contributed by atoms with Gasteiger partial charge in [-0.3, -0.25) is 13.9 Å². The number of benzene rings is 4. The highest BCUT2D eigenvalue weighted by molar-refractivity contribution is 7.92. The first-order valence-electron chi connectivity index (χ1n) is 15.8. The molecule has 1 N–H and O–H groups in total. The second-order valence-corrected chi connectivity index (χ2v) is 13.7. The topological polar surface area (TPSA) is 114 Å². The maximum Gasteiger partial charge on any atom is 0.265 e. The second-order valence-electron chi connectivity index (χ2n) is 11.4. The molecule has 0 fully saturated rings. The Labute approximate surface area is 293 Å². The van der Waals surface area contributed by atoms with Crippen molar-refractivity contribution in [1.29, 1.82) is 0 Å². The van der Waals surface area contributed by atoms with Crippen LogP contribution >= 0.6 is 11.6 Å². The molecule has 0 aliphatic rings. The van der Waals surface area contributed by atoms with Gasteiger partial charge in [0.25, 0.3) is 10.0 Å². The van der Waals surface area contributed by atoms with Crippen molar-refractivity contribution in [3.63, 3.8) is 0 Å². The standard InChI is InChI=1S/C37H42ClN3O7S/c1-6-26(2)39-37(43)32(21-27-13-9-7-10-14-27)40(24-28-15-11-8-12-16-28)36(42)25-41(31-22-29(38)17-19-33(31)46-3)49(44,45)30-18-20-34(47-4)35(23-30)48-5/h7-20,22-23,26,32H,6,21,24-25H2,1-5H3,(H,39,43)/t26-,32-/m0/s1. The SMILES string of the molecule is CC[C@H](C)NC(=O)[C@H](Cc1ccccc1)N(Cc1ccccc1)C(=O)CN(c1cc(Cl)ccc1OC)S(=O)(=O)c1ccc(OC)c(OC)c1. The summed E-state index contributed by atoms with van der Waals surface area (Å²) in [6.07, 6.45) is 0.882. The van der Waals surface area contributed by atoms with E-state index in [1.54, 1.807) is 6.07 Å². The number of sulfonamides is 1. The van der Waals surface area contributed by atoms with Crippen molar-refractivity contribution in [1.82, 2.24) is 10.2 Å². The second kappa shape index (κ2) is 17.1. The summed E-state index contributed by atoms with van der Waals surface area (Å²) in [5, 5.41) is 3.26. The molecule has 0 aliphatic carbocycles. The lowest BCUT2D eigenvalue weighted by atomic mass is 10.0. The quantitative estimate of drug-likeness (QED) is 0.149. The minimum Gasteiger partial charge on any atom is -0.495 e. The summed E-state index contributed by atoms with van der Waals surface area (Å²) in [4.78, 5) is 30.0. The zero-order chi connectivity index (χ0) is 35.6. The average Bonchev–Trinajstić information content (AvgIpc) is 3.12. The van der Waals surface area contributed by atoms with Crippen molar-refractivity contribution in [2.45, 2.75) is 50.2 Å². The number of hydrogen-bond donors (Lipinski definition) is 1. The number of anilines is 1. The number of hydrogen-bond acceptors (Lipinski definition) is 7. The van der Waals surface area contributed by atoms with Crippen molar-refractivity contribution in [3.8, 4) is 17.2 Å². The molecule has 0 radical (unpaired) electrons.